The lowest BCUT2D eigenvalue weighted by molar-refractivity contribution is 0.0887. The number of benzene rings is 2. The molecule has 0 radical (unpaired) electrons. The second-order valence-electron chi connectivity index (χ2n) is 4.30. The second-order valence-corrected chi connectivity index (χ2v) is 4.71. The average Bonchev–Trinajstić information content (AvgIpc) is 2.49. The Labute approximate surface area is 124 Å². The predicted molar refractivity (Wildman–Crippen MR) is 80.9 cm³/mol. The maximum absolute atomic E-state index is 6.05. The van der Waals surface area contributed by atoms with Gasteiger partial charge in [-0.3, -0.25) is 0 Å². The first-order chi connectivity index (χ1) is 9.81. The summed E-state index contributed by atoms with van der Waals surface area (Å²) in [5.41, 5.74) is 7.63. The predicted octanol–water partition coefficient (Wildman–Crippen LogP) is 3.39. The van der Waals surface area contributed by atoms with Gasteiger partial charge in [0.25, 0.3) is 0 Å². The van der Waals surface area contributed by atoms with Gasteiger partial charge in [-0.15, -0.1) is 0 Å². The molecule has 0 spiro atoms. The molecular formula is C16H18ClNO2. The molecule has 0 fully saturated rings. The fourth-order valence-corrected chi connectivity index (χ4v) is 2.01. The molecule has 0 aliphatic rings. The molecule has 2 aromatic carbocycles. The summed E-state index contributed by atoms with van der Waals surface area (Å²) in [6.07, 6.45) is 0. The zero-order chi connectivity index (χ0) is 14.2. The molecule has 0 atom stereocenters. The fourth-order valence-electron chi connectivity index (χ4n) is 1.82. The van der Waals surface area contributed by atoms with Crippen LogP contribution in [0.25, 0.3) is 0 Å². The van der Waals surface area contributed by atoms with Gasteiger partial charge in [0.05, 0.1) is 13.2 Å². The molecule has 3 nitrogen and oxygen atoms in total. The van der Waals surface area contributed by atoms with Gasteiger partial charge in [-0.25, -0.2) is 0 Å². The summed E-state index contributed by atoms with van der Waals surface area (Å²) < 4.78 is 11.2. The largest absolute Gasteiger partial charge is 0.491 e. The van der Waals surface area contributed by atoms with E-state index >= 15 is 0 Å². The topological polar surface area (TPSA) is 44.5 Å². The molecule has 0 aromatic heterocycles. The highest BCUT2D eigenvalue weighted by Gasteiger charge is 2.01. The molecule has 0 bridgehead atoms. The molecular weight excluding hydrogens is 274 g/mol. The smallest absolute Gasteiger partial charge is 0.123 e. The third-order valence-corrected chi connectivity index (χ3v) is 3.26. The Morgan fingerprint density at radius 1 is 0.900 bits per heavy atom. The summed E-state index contributed by atoms with van der Waals surface area (Å²) in [7, 11) is 0. The van der Waals surface area contributed by atoms with Crippen molar-refractivity contribution >= 4 is 11.6 Å². The second kappa shape index (κ2) is 7.90. The van der Waals surface area contributed by atoms with E-state index in [1.54, 1.807) is 0 Å². The van der Waals surface area contributed by atoms with Crippen LogP contribution >= 0.6 is 11.6 Å². The van der Waals surface area contributed by atoms with Crippen molar-refractivity contribution in [1.82, 2.24) is 0 Å². The van der Waals surface area contributed by atoms with Gasteiger partial charge < -0.3 is 15.2 Å². The van der Waals surface area contributed by atoms with Crippen molar-refractivity contribution in [3.05, 3.63) is 64.7 Å². The van der Waals surface area contributed by atoms with E-state index in [1.807, 2.05) is 48.5 Å². The molecule has 0 amide bonds. The van der Waals surface area contributed by atoms with Crippen molar-refractivity contribution in [3.8, 4) is 5.75 Å². The van der Waals surface area contributed by atoms with Crippen LogP contribution in [0.5, 0.6) is 5.75 Å². The Morgan fingerprint density at radius 2 is 1.60 bits per heavy atom. The summed E-state index contributed by atoms with van der Waals surface area (Å²) in [6, 6.07) is 15.4. The van der Waals surface area contributed by atoms with Gasteiger partial charge >= 0.3 is 0 Å². The van der Waals surface area contributed by atoms with Crippen LogP contribution < -0.4 is 10.5 Å². The van der Waals surface area contributed by atoms with Crippen LogP contribution in [0.2, 0.25) is 5.02 Å². The summed E-state index contributed by atoms with van der Waals surface area (Å²) in [5.74, 6) is 0.816. The number of hydrogen-bond acceptors (Lipinski definition) is 3. The molecule has 0 aliphatic heterocycles. The lowest BCUT2D eigenvalue weighted by Crippen LogP contribution is -2.09. The molecule has 106 valence electrons. The Hall–Kier alpha value is -1.55. The molecule has 4 heteroatoms. The quantitative estimate of drug-likeness (QED) is 0.795. The lowest BCUT2D eigenvalue weighted by Gasteiger charge is -2.10. The molecule has 2 rings (SSSR count). The third-order valence-electron chi connectivity index (χ3n) is 2.89. The summed E-state index contributed by atoms with van der Waals surface area (Å²) in [5, 5.41) is 0.724. The summed E-state index contributed by atoms with van der Waals surface area (Å²) in [4.78, 5) is 0. The van der Waals surface area contributed by atoms with Crippen LogP contribution in [0.1, 0.15) is 11.1 Å². The number of rotatable bonds is 7. The van der Waals surface area contributed by atoms with Crippen LogP contribution in [0.3, 0.4) is 0 Å². The van der Waals surface area contributed by atoms with Crippen molar-refractivity contribution in [3.63, 3.8) is 0 Å². The Morgan fingerprint density at radius 3 is 2.35 bits per heavy atom. The van der Waals surface area contributed by atoms with Gasteiger partial charge in [0.1, 0.15) is 12.4 Å². The number of ether oxygens (including phenoxy) is 2. The monoisotopic (exact) mass is 291 g/mol. The van der Waals surface area contributed by atoms with Crippen molar-refractivity contribution < 1.29 is 9.47 Å². The number of halogens is 1. The maximum atomic E-state index is 6.05. The minimum Gasteiger partial charge on any atom is -0.491 e. The molecule has 0 aliphatic carbocycles. The number of hydrogen-bond donors (Lipinski definition) is 1. The van der Waals surface area contributed by atoms with Gasteiger partial charge in [-0.2, -0.15) is 0 Å². The molecule has 2 N–H and O–H groups in total. The Kier molecular flexibility index (Phi) is 5.87. The number of nitrogens with two attached hydrogens (primary N) is 1. The van der Waals surface area contributed by atoms with E-state index in [2.05, 4.69) is 0 Å². The fraction of sp³-hybridized carbons (Fsp3) is 0.250. The average molecular weight is 292 g/mol. The molecule has 0 heterocycles. The van der Waals surface area contributed by atoms with Crippen molar-refractivity contribution in [1.29, 1.82) is 0 Å². The highest BCUT2D eigenvalue weighted by Crippen LogP contribution is 2.17. The van der Waals surface area contributed by atoms with E-state index in [-0.39, 0.29) is 0 Å². The van der Waals surface area contributed by atoms with E-state index in [9.17, 15) is 0 Å². The Balaban J connectivity index is 1.73. The zero-order valence-electron chi connectivity index (χ0n) is 11.2. The van der Waals surface area contributed by atoms with Crippen LogP contribution in [0.15, 0.2) is 48.5 Å². The number of para-hydroxylation sites is 1. The normalized spacial score (nSPS) is 10.5. The first-order valence-corrected chi connectivity index (χ1v) is 6.91. The van der Waals surface area contributed by atoms with Crippen LogP contribution in [-0.4, -0.2) is 13.2 Å². The minimum absolute atomic E-state index is 0.469. The van der Waals surface area contributed by atoms with E-state index in [0.29, 0.717) is 26.4 Å². The van der Waals surface area contributed by atoms with Crippen molar-refractivity contribution in [2.24, 2.45) is 5.73 Å². The van der Waals surface area contributed by atoms with Crippen LogP contribution in [0.4, 0.5) is 0 Å². The van der Waals surface area contributed by atoms with Gasteiger partial charge in [0.15, 0.2) is 0 Å². The van der Waals surface area contributed by atoms with Gasteiger partial charge in [-0.1, -0.05) is 48.0 Å². The van der Waals surface area contributed by atoms with Gasteiger partial charge in [0.2, 0.25) is 0 Å². The highest BCUT2D eigenvalue weighted by atomic mass is 35.5. The highest BCUT2D eigenvalue weighted by molar-refractivity contribution is 6.31. The minimum atomic E-state index is 0.469. The Bertz CT molecular complexity index is 546. The zero-order valence-corrected chi connectivity index (χ0v) is 12.0. The van der Waals surface area contributed by atoms with Crippen molar-refractivity contribution in [2.45, 2.75) is 13.2 Å². The van der Waals surface area contributed by atoms with Gasteiger partial charge in [0, 0.05) is 17.1 Å². The van der Waals surface area contributed by atoms with E-state index < -0.39 is 0 Å². The van der Waals surface area contributed by atoms with E-state index in [1.165, 1.54) is 0 Å². The first kappa shape index (κ1) is 14.9. The molecule has 2 aromatic rings. The van der Waals surface area contributed by atoms with Crippen LogP contribution in [-0.2, 0) is 17.9 Å². The maximum Gasteiger partial charge on any atom is 0.123 e. The third kappa shape index (κ3) is 4.23. The summed E-state index contributed by atoms with van der Waals surface area (Å²) in [6.45, 7) is 1.95. The van der Waals surface area contributed by atoms with Crippen LogP contribution in [0, 0.1) is 0 Å². The van der Waals surface area contributed by atoms with E-state index in [0.717, 1.165) is 21.9 Å². The molecule has 0 saturated carbocycles. The van der Waals surface area contributed by atoms with Gasteiger partial charge in [-0.05, 0) is 17.7 Å². The molecule has 0 unspecified atom stereocenters. The van der Waals surface area contributed by atoms with Crippen molar-refractivity contribution in [2.75, 3.05) is 13.2 Å². The first-order valence-electron chi connectivity index (χ1n) is 6.53. The standard InChI is InChI=1S/C16H18ClNO2/c17-15-7-3-1-6-14(15)12-19-9-10-20-16-8-4-2-5-13(16)11-18/h1-8H,9-12,18H2. The molecule has 20 heavy (non-hydrogen) atoms. The van der Waals surface area contributed by atoms with E-state index in [4.69, 9.17) is 26.8 Å². The molecule has 0 saturated heterocycles. The lowest BCUT2D eigenvalue weighted by atomic mass is 10.2. The summed E-state index contributed by atoms with van der Waals surface area (Å²) >= 11 is 6.05. The SMILES string of the molecule is NCc1ccccc1OCCOCc1ccccc1Cl.